The SMILES string of the molecule is CCCC(C)(CCO[Si](c1ccccc1)(c1ccccc1)C(C)(C)C)COC(=O)c1cccc2nc(OCC)n(Cc3ccc(-c4ccccc4C4=NCN=N4)cc3)c12. The molecule has 0 fully saturated rings. The number of imidazole rings is 1. The maximum Gasteiger partial charge on any atom is 0.340 e. The number of aliphatic imine (C=N–C) groups is 1. The molecule has 1 aliphatic heterocycles. The standard InChI is InChI=1S/C49H55N5O4Si/c1-7-30-49(6,31-32-58-59(48(3,4)5,38-18-11-9-12-19-38)39-20-13-10-14-21-39)34-57-46(55)42-24-17-25-43-44(42)54(47(52-43)56-8-2)33-36-26-28-37(29-27-36)40-22-15-16-23-41(40)45-50-35-51-53-45/h9-29H,7-8,30-35H2,1-6H3. The summed E-state index contributed by atoms with van der Waals surface area (Å²) in [6.45, 7) is 15.3. The van der Waals surface area contributed by atoms with Crippen molar-refractivity contribution >= 4 is 41.5 Å². The third-order valence-electron chi connectivity index (χ3n) is 11.3. The molecule has 5 aromatic carbocycles. The monoisotopic (exact) mass is 805 g/mol. The van der Waals surface area contributed by atoms with Gasteiger partial charge in [0.25, 0.3) is 14.3 Å². The van der Waals surface area contributed by atoms with Gasteiger partial charge in [-0.05, 0) is 64.0 Å². The van der Waals surface area contributed by atoms with Crippen molar-refractivity contribution < 1.29 is 18.7 Å². The molecule has 2 heterocycles. The summed E-state index contributed by atoms with van der Waals surface area (Å²) in [6.07, 6.45) is 2.59. The van der Waals surface area contributed by atoms with Gasteiger partial charge in [0.1, 0.15) is 0 Å². The average molecular weight is 806 g/mol. The van der Waals surface area contributed by atoms with Crippen LogP contribution in [-0.4, -0.2) is 56.2 Å². The number of rotatable bonds is 17. The van der Waals surface area contributed by atoms with Gasteiger partial charge in [-0.2, -0.15) is 10.1 Å². The number of amidine groups is 1. The van der Waals surface area contributed by atoms with Crippen molar-refractivity contribution in [3.63, 3.8) is 0 Å². The van der Waals surface area contributed by atoms with Crippen LogP contribution in [0.15, 0.2) is 143 Å². The molecular weight excluding hydrogens is 751 g/mol. The quantitative estimate of drug-likeness (QED) is 0.0675. The minimum atomic E-state index is -2.71. The van der Waals surface area contributed by atoms with Crippen LogP contribution in [0.4, 0.5) is 0 Å². The second kappa shape index (κ2) is 18.1. The van der Waals surface area contributed by atoms with Crippen molar-refractivity contribution in [1.29, 1.82) is 0 Å². The molecule has 10 heteroatoms. The lowest BCUT2D eigenvalue weighted by Crippen LogP contribution is -2.66. The van der Waals surface area contributed by atoms with E-state index < -0.39 is 8.32 Å². The number of hydrogen-bond acceptors (Lipinski definition) is 8. The van der Waals surface area contributed by atoms with Crippen LogP contribution in [0.25, 0.3) is 22.2 Å². The number of nitrogens with zero attached hydrogens (tertiary/aromatic N) is 5. The summed E-state index contributed by atoms with van der Waals surface area (Å²) >= 11 is 0. The molecule has 0 N–H and O–H groups in total. The molecule has 0 amide bonds. The second-order valence-corrected chi connectivity index (χ2v) is 20.9. The first kappa shape index (κ1) is 41.4. The fourth-order valence-corrected chi connectivity index (χ4v) is 13.0. The van der Waals surface area contributed by atoms with Gasteiger partial charge in [-0.25, -0.2) is 9.79 Å². The van der Waals surface area contributed by atoms with Crippen LogP contribution in [0.2, 0.25) is 5.04 Å². The maximum atomic E-state index is 14.2. The summed E-state index contributed by atoms with van der Waals surface area (Å²) in [5.74, 6) is 0.267. The number of azo groups is 1. The third kappa shape index (κ3) is 8.84. The Morgan fingerprint density at radius 3 is 2.03 bits per heavy atom. The molecule has 0 saturated heterocycles. The van der Waals surface area contributed by atoms with Crippen LogP contribution in [0, 0.1) is 5.41 Å². The second-order valence-electron chi connectivity index (χ2n) is 16.6. The zero-order chi connectivity index (χ0) is 41.5. The van der Waals surface area contributed by atoms with Crippen molar-refractivity contribution in [2.24, 2.45) is 20.6 Å². The minimum Gasteiger partial charge on any atom is -0.465 e. The predicted octanol–water partition coefficient (Wildman–Crippen LogP) is 10.3. The van der Waals surface area contributed by atoms with Crippen LogP contribution in [-0.2, 0) is 15.7 Å². The molecule has 1 aromatic heterocycles. The van der Waals surface area contributed by atoms with Crippen molar-refractivity contribution in [3.05, 3.63) is 144 Å². The van der Waals surface area contributed by atoms with Crippen LogP contribution >= 0.6 is 0 Å². The molecule has 0 aliphatic carbocycles. The number of carbonyl (C=O) groups excluding carboxylic acids is 1. The lowest BCUT2D eigenvalue weighted by atomic mass is 9.83. The molecule has 7 rings (SSSR count). The van der Waals surface area contributed by atoms with Crippen molar-refractivity contribution in [2.75, 3.05) is 26.5 Å². The number of esters is 1. The molecule has 59 heavy (non-hydrogen) atoms. The zero-order valence-corrected chi connectivity index (χ0v) is 36.2. The first-order valence-electron chi connectivity index (χ1n) is 20.7. The van der Waals surface area contributed by atoms with Crippen LogP contribution in [0.5, 0.6) is 6.01 Å². The highest BCUT2D eigenvalue weighted by Gasteiger charge is 2.50. The van der Waals surface area contributed by atoms with E-state index in [9.17, 15) is 4.79 Å². The molecule has 0 spiro atoms. The van der Waals surface area contributed by atoms with E-state index in [-0.39, 0.29) is 23.0 Å². The summed E-state index contributed by atoms with van der Waals surface area (Å²) in [4.78, 5) is 23.5. The summed E-state index contributed by atoms with van der Waals surface area (Å²) in [7, 11) is -2.71. The van der Waals surface area contributed by atoms with Crippen molar-refractivity contribution in [2.45, 2.75) is 72.4 Å². The number of carbonyl (C=O) groups is 1. The van der Waals surface area contributed by atoms with Crippen LogP contribution in [0.1, 0.15) is 82.3 Å². The van der Waals surface area contributed by atoms with Gasteiger partial charge in [0.15, 0.2) is 12.5 Å². The van der Waals surface area contributed by atoms with Gasteiger partial charge < -0.3 is 13.9 Å². The Bertz CT molecular complexity index is 2380. The van der Waals surface area contributed by atoms with E-state index >= 15 is 0 Å². The highest BCUT2D eigenvalue weighted by molar-refractivity contribution is 6.99. The van der Waals surface area contributed by atoms with Crippen molar-refractivity contribution in [3.8, 4) is 17.1 Å². The predicted molar refractivity (Wildman–Crippen MR) is 240 cm³/mol. The molecular formula is C49H55N5O4Si. The van der Waals surface area contributed by atoms with Gasteiger partial charge in [-0.15, -0.1) is 5.11 Å². The molecule has 1 aliphatic rings. The fraction of sp³-hybridized carbons (Fsp3) is 0.327. The number of benzene rings is 5. The number of aromatic nitrogens is 2. The largest absolute Gasteiger partial charge is 0.465 e. The normalized spacial score (nSPS) is 14.0. The Labute approximate surface area is 349 Å². The van der Waals surface area contributed by atoms with E-state index in [1.807, 2.05) is 47.9 Å². The number of fused-ring (bicyclic) bond motifs is 1. The van der Waals surface area contributed by atoms with Gasteiger partial charge in [0, 0.05) is 17.6 Å². The highest BCUT2D eigenvalue weighted by Crippen LogP contribution is 2.38. The van der Waals surface area contributed by atoms with E-state index in [0.717, 1.165) is 41.5 Å². The van der Waals surface area contributed by atoms with E-state index in [0.29, 0.717) is 54.9 Å². The molecule has 0 bridgehead atoms. The minimum absolute atomic E-state index is 0.128. The number of ether oxygens (including phenoxy) is 2. The molecule has 1 atom stereocenters. The fourth-order valence-electron chi connectivity index (χ4n) is 8.39. The smallest absolute Gasteiger partial charge is 0.340 e. The lowest BCUT2D eigenvalue weighted by Gasteiger charge is -2.43. The van der Waals surface area contributed by atoms with Gasteiger partial charge in [0.2, 0.25) is 0 Å². The Morgan fingerprint density at radius 1 is 0.763 bits per heavy atom. The van der Waals surface area contributed by atoms with Crippen LogP contribution < -0.4 is 15.1 Å². The van der Waals surface area contributed by atoms with E-state index in [2.05, 4.69) is 141 Å². The molecule has 1 unspecified atom stereocenters. The highest BCUT2D eigenvalue weighted by atomic mass is 28.4. The summed E-state index contributed by atoms with van der Waals surface area (Å²) in [5.41, 5.74) is 5.59. The van der Waals surface area contributed by atoms with Crippen molar-refractivity contribution in [1.82, 2.24) is 9.55 Å². The Kier molecular flexibility index (Phi) is 12.7. The maximum absolute atomic E-state index is 14.2. The Morgan fingerprint density at radius 2 is 1.42 bits per heavy atom. The third-order valence-corrected chi connectivity index (χ3v) is 16.3. The number of para-hydroxylation sites is 1. The van der Waals surface area contributed by atoms with E-state index in [1.54, 1.807) is 0 Å². The molecule has 0 radical (unpaired) electrons. The molecule has 304 valence electrons. The summed E-state index contributed by atoms with van der Waals surface area (Å²) in [6, 6.07) is 44.0. The first-order valence-corrected chi connectivity index (χ1v) is 22.6. The van der Waals surface area contributed by atoms with E-state index in [4.69, 9.17) is 18.9 Å². The zero-order valence-electron chi connectivity index (χ0n) is 35.2. The Balaban J connectivity index is 1.11. The molecule has 0 saturated carbocycles. The molecule has 9 nitrogen and oxygen atoms in total. The average Bonchev–Trinajstić information content (AvgIpc) is 3.91. The number of hydrogen-bond donors (Lipinski definition) is 0. The van der Waals surface area contributed by atoms with E-state index in [1.165, 1.54) is 10.4 Å². The van der Waals surface area contributed by atoms with Gasteiger partial charge in [0.05, 0.1) is 36.4 Å². The van der Waals surface area contributed by atoms with Gasteiger partial charge in [-0.3, -0.25) is 4.57 Å². The summed E-state index contributed by atoms with van der Waals surface area (Å²) < 4.78 is 21.6. The summed E-state index contributed by atoms with van der Waals surface area (Å²) in [5, 5.41) is 10.7. The molecule has 6 aromatic rings. The van der Waals surface area contributed by atoms with Gasteiger partial charge >= 0.3 is 5.97 Å². The Hall–Kier alpha value is -5.71. The first-order chi connectivity index (χ1) is 28.6. The topological polar surface area (TPSA) is 99.7 Å². The lowest BCUT2D eigenvalue weighted by molar-refractivity contribution is 0.0241. The van der Waals surface area contributed by atoms with Gasteiger partial charge in [-0.1, -0.05) is 156 Å². The van der Waals surface area contributed by atoms with Crippen LogP contribution in [0.3, 0.4) is 0 Å².